The van der Waals surface area contributed by atoms with Gasteiger partial charge in [-0.05, 0) is 54.2 Å². The van der Waals surface area contributed by atoms with E-state index in [4.69, 9.17) is 10.00 Å². The number of ether oxygens (including phenoxy) is 1. The summed E-state index contributed by atoms with van der Waals surface area (Å²) in [5.74, 6) is 1.43. The van der Waals surface area contributed by atoms with E-state index in [0.717, 1.165) is 36.5 Å². The number of imidazole rings is 1. The number of nitriles is 1. The fraction of sp³-hybridized carbons (Fsp3) is 0.345. The molecule has 7 nitrogen and oxygen atoms in total. The number of rotatable bonds is 8. The normalized spacial score (nSPS) is 16.3. The molecule has 0 radical (unpaired) electrons. The number of piperazine rings is 1. The van der Waals surface area contributed by atoms with Crippen molar-refractivity contribution in [2.24, 2.45) is 5.92 Å². The number of hydrogen-bond acceptors (Lipinski definition) is 5. The smallest absolute Gasteiger partial charge is 0.254 e. The lowest BCUT2D eigenvalue weighted by molar-refractivity contribution is 0.0625. The summed E-state index contributed by atoms with van der Waals surface area (Å²) in [7, 11) is 1.63. The number of nitrogens with zero attached hydrogens (tertiary/aromatic N) is 5. The van der Waals surface area contributed by atoms with Gasteiger partial charge in [-0.1, -0.05) is 30.4 Å². The third-order valence-corrected chi connectivity index (χ3v) is 6.94. The predicted molar refractivity (Wildman–Crippen MR) is 138 cm³/mol. The van der Waals surface area contributed by atoms with Gasteiger partial charge in [0.25, 0.3) is 5.91 Å². The molecule has 2 heterocycles. The molecule has 3 aromatic rings. The van der Waals surface area contributed by atoms with Crippen LogP contribution in [0.1, 0.15) is 45.6 Å². The average molecular weight is 482 g/mol. The van der Waals surface area contributed by atoms with Gasteiger partial charge in [-0.15, -0.1) is 0 Å². The zero-order valence-electron chi connectivity index (χ0n) is 20.6. The van der Waals surface area contributed by atoms with Gasteiger partial charge in [-0.3, -0.25) is 9.69 Å². The van der Waals surface area contributed by atoms with Crippen LogP contribution in [-0.4, -0.2) is 58.5 Å². The quantitative estimate of drug-likeness (QED) is 0.482. The van der Waals surface area contributed by atoms with Crippen LogP contribution >= 0.6 is 0 Å². The maximum absolute atomic E-state index is 13.5. The molecule has 0 atom stereocenters. The Bertz CT molecular complexity index is 1280. The van der Waals surface area contributed by atoms with Crippen molar-refractivity contribution in [3.63, 3.8) is 0 Å². The van der Waals surface area contributed by atoms with Crippen LogP contribution in [0.5, 0.6) is 5.75 Å². The predicted octanol–water partition coefficient (Wildman–Crippen LogP) is 4.19. The lowest BCUT2D eigenvalue weighted by Gasteiger charge is -2.35. The second kappa shape index (κ2) is 10.8. The molecular weight excluding hydrogens is 450 g/mol. The van der Waals surface area contributed by atoms with E-state index in [2.05, 4.69) is 32.7 Å². The third-order valence-electron chi connectivity index (χ3n) is 6.94. The van der Waals surface area contributed by atoms with E-state index in [1.807, 2.05) is 59.9 Å². The molecule has 0 bridgehead atoms. The summed E-state index contributed by atoms with van der Waals surface area (Å²) in [6.45, 7) is 4.49. The Balaban J connectivity index is 1.20. The van der Waals surface area contributed by atoms with Gasteiger partial charge in [-0.2, -0.15) is 5.26 Å². The van der Waals surface area contributed by atoms with Crippen LogP contribution in [0.4, 0.5) is 0 Å². The molecule has 0 N–H and O–H groups in total. The minimum Gasteiger partial charge on any atom is -0.497 e. The topological polar surface area (TPSA) is 74.4 Å². The summed E-state index contributed by atoms with van der Waals surface area (Å²) in [5, 5.41) is 9.01. The molecular formula is C29H31N5O2. The summed E-state index contributed by atoms with van der Waals surface area (Å²) < 4.78 is 7.55. The lowest BCUT2D eigenvalue weighted by Crippen LogP contribution is -2.48. The van der Waals surface area contributed by atoms with E-state index >= 15 is 0 Å². The molecule has 1 saturated carbocycles. The van der Waals surface area contributed by atoms with Crippen LogP contribution in [0, 0.1) is 17.2 Å². The molecule has 1 aliphatic heterocycles. The van der Waals surface area contributed by atoms with E-state index in [1.165, 1.54) is 12.8 Å². The Hall–Kier alpha value is -3.89. The number of carbonyl (C=O) groups is 1. The molecule has 0 unspecified atom stereocenters. The molecule has 1 saturated heterocycles. The summed E-state index contributed by atoms with van der Waals surface area (Å²) >= 11 is 0. The molecule has 2 aliphatic rings. The van der Waals surface area contributed by atoms with E-state index < -0.39 is 0 Å². The van der Waals surface area contributed by atoms with Gasteiger partial charge in [-0.25, -0.2) is 4.98 Å². The monoisotopic (exact) mass is 481 g/mol. The van der Waals surface area contributed by atoms with E-state index in [1.54, 1.807) is 7.11 Å². The molecule has 1 amide bonds. The second-order valence-electron chi connectivity index (χ2n) is 9.54. The number of allylic oxidation sites excluding steroid dienone is 1. The SMILES string of the molecule is COc1ccc(/C=C/C2CC2)c(C(=O)N2CCN(Cc3cncn3Cc3ccc(C#N)cc3)CC2)c1. The Morgan fingerprint density at radius 1 is 1.11 bits per heavy atom. The van der Waals surface area contributed by atoms with Crippen molar-refractivity contribution in [1.29, 1.82) is 5.26 Å². The first-order chi connectivity index (χ1) is 17.6. The highest BCUT2D eigenvalue weighted by molar-refractivity contribution is 5.98. The molecule has 2 aromatic carbocycles. The van der Waals surface area contributed by atoms with Gasteiger partial charge in [0.2, 0.25) is 0 Å². The number of amides is 1. The zero-order valence-corrected chi connectivity index (χ0v) is 20.6. The first-order valence-electron chi connectivity index (χ1n) is 12.5. The molecule has 1 aromatic heterocycles. The Labute approximate surface area is 212 Å². The molecule has 36 heavy (non-hydrogen) atoms. The largest absolute Gasteiger partial charge is 0.497 e. The van der Waals surface area contributed by atoms with Crippen molar-refractivity contribution in [2.45, 2.75) is 25.9 Å². The van der Waals surface area contributed by atoms with Crippen LogP contribution in [-0.2, 0) is 13.1 Å². The summed E-state index contributed by atoms with van der Waals surface area (Å²) in [5.41, 5.74) is 4.60. The molecule has 0 spiro atoms. The van der Waals surface area contributed by atoms with Gasteiger partial charge in [0.1, 0.15) is 5.75 Å². The fourth-order valence-electron chi connectivity index (χ4n) is 4.53. The maximum Gasteiger partial charge on any atom is 0.254 e. The van der Waals surface area contributed by atoms with Crippen molar-refractivity contribution in [3.8, 4) is 11.8 Å². The van der Waals surface area contributed by atoms with E-state index in [-0.39, 0.29) is 5.91 Å². The van der Waals surface area contributed by atoms with Crippen LogP contribution < -0.4 is 4.74 Å². The van der Waals surface area contributed by atoms with Crippen LogP contribution in [0.2, 0.25) is 0 Å². The van der Waals surface area contributed by atoms with Crippen molar-refractivity contribution in [3.05, 3.63) is 89.0 Å². The maximum atomic E-state index is 13.5. The van der Waals surface area contributed by atoms with Crippen LogP contribution in [0.3, 0.4) is 0 Å². The number of aromatic nitrogens is 2. The van der Waals surface area contributed by atoms with Gasteiger partial charge < -0.3 is 14.2 Å². The van der Waals surface area contributed by atoms with E-state index in [0.29, 0.717) is 42.4 Å². The number of hydrogen-bond donors (Lipinski definition) is 0. The van der Waals surface area contributed by atoms with Gasteiger partial charge in [0.05, 0.1) is 36.3 Å². The summed E-state index contributed by atoms with van der Waals surface area (Å²) in [4.78, 5) is 22.1. The highest BCUT2D eigenvalue weighted by Gasteiger charge is 2.25. The molecule has 1 aliphatic carbocycles. The van der Waals surface area contributed by atoms with Gasteiger partial charge in [0, 0.05) is 45.5 Å². The van der Waals surface area contributed by atoms with Gasteiger partial charge >= 0.3 is 0 Å². The van der Waals surface area contributed by atoms with Crippen molar-refractivity contribution >= 4 is 12.0 Å². The lowest BCUT2D eigenvalue weighted by atomic mass is 10.0. The molecule has 184 valence electrons. The minimum absolute atomic E-state index is 0.0647. The van der Waals surface area contributed by atoms with Crippen LogP contribution in [0.25, 0.3) is 6.08 Å². The third kappa shape index (κ3) is 5.67. The highest BCUT2D eigenvalue weighted by Crippen LogP contribution is 2.31. The minimum atomic E-state index is 0.0647. The van der Waals surface area contributed by atoms with Gasteiger partial charge in [0.15, 0.2) is 0 Å². The zero-order chi connectivity index (χ0) is 24.9. The Kier molecular flexibility index (Phi) is 7.15. The molecule has 2 fully saturated rings. The van der Waals surface area contributed by atoms with Crippen molar-refractivity contribution in [1.82, 2.24) is 19.4 Å². The average Bonchev–Trinajstić information content (AvgIpc) is 3.66. The number of benzene rings is 2. The molecule has 5 rings (SSSR count). The number of methoxy groups -OCH3 is 1. The van der Waals surface area contributed by atoms with Crippen LogP contribution in [0.15, 0.2) is 61.1 Å². The fourth-order valence-corrected chi connectivity index (χ4v) is 4.53. The second-order valence-corrected chi connectivity index (χ2v) is 9.54. The highest BCUT2D eigenvalue weighted by atomic mass is 16.5. The Morgan fingerprint density at radius 3 is 2.58 bits per heavy atom. The number of carbonyl (C=O) groups excluding carboxylic acids is 1. The standard InChI is InChI=1S/C29H31N5O2/c1-36-27-11-10-25(9-8-22-2-3-22)28(16-27)29(35)33-14-12-32(13-15-33)20-26-18-31-21-34(26)19-24-6-4-23(17-30)5-7-24/h4-11,16,18,21-22H,2-3,12-15,19-20H2,1H3/b9-8+. The molecule has 7 heteroatoms. The van der Waals surface area contributed by atoms with Crippen molar-refractivity contribution in [2.75, 3.05) is 33.3 Å². The summed E-state index contributed by atoms with van der Waals surface area (Å²) in [6.07, 6.45) is 10.6. The first kappa shape index (κ1) is 23.8. The first-order valence-corrected chi connectivity index (χ1v) is 12.5. The van der Waals surface area contributed by atoms with Crippen molar-refractivity contribution < 1.29 is 9.53 Å². The Morgan fingerprint density at radius 2 is 1.89 bits per heavy atom. The van der Waals surface area contributed by atoms with E-state index in [9.17, 15) is 4.79 Å². The summed E-state index contributed by atoms with van der Waals surface area (Å²) in [6, 6.07) is 15.6.